The van der Waals surface area contributed by atoms with E-state index in [0.717, 1.165) is 35.2 Å². The molecule has 1 unspecified atom stereocenters. The highest BCUT2D eigenvalue weighted by Crippen LogP contribution is 2.27. The minimum Gasteiger partial charge on any atom is -0.497 e. The fraction of sp³-hybridized carbons (Fsp3) is 0.375. The van der Waals surface area contributed by atoms with E-state index in [2.05, 4.69) is 44.4 Å². The molecule has 0 saturated carbocycles. The maximum Gasteiger partial charge on any atom is 0.119 e. The van der Waals surface area contributed by atoms with Gasteiger partial charge in [0.1, 0.15) is 5.75 Å². The Morgan fingerprint density at radius 1 is 1.29 bits per heavy atom. The molecule has 1 heterocycles. The van der Waals surface area contributed by atoms with Gasteiger partial charge in [0.2, 0.25) is 0 Å². The number of nitrogens with one attached hydrogen (secondary N) is 1. The van der Waals surface area contributed by atoms with E-state index < -0.39 is 0 Å². The van der Waals surface area contributed by atoms with Gasteiger partial charge in [-0.15, -0.1) is 0 Å². The van der Waals surface area contributed by atoms with Crippen molar-refractivity contribution in [1.29, 1.82) is 0 Å². The molecule has 0 aliphatic heterocycles. The van der Waals surface area contributed by atoms with Crippen LogP contribution in [0.25, 0.3) is 0 Å². The molecule has 2 rings (SSSR count). The summed E-state index contributed by atoms with van der Waals surface area (Å²) in [6.45, 7) is 3.13. The third-order valence-corrected chi connectivity index (χ3v) is 4.10. The smallest absolute Gasteiger partial charge is 0.119 e. The molecule has 0 aliphatic rings. The molecule has 5 heteroatoms. The second-order valence-electron chi connectivity index (χ2n) is 4.84. The molecule has 0 saturated heterocycles. The van der Waals surface area contributed by atoms with Crippen LogP contribution in [0.3, 0.4) is 0 Å². The first-order valence-corrected chi connectivity index (χ1v) is 7.86. The van der Waals surface area contributed by atoms with E-state index in [-0.39, 0.29) is 6.04 Å². The van der Waals surface area contributed by atoms with Crippen LogP contribution in [0.1, 0.15) is 30.5 Å². The summed E-state index contributed by atoms with van der Waals surface area (Å²) in [6.07, 6.45) is 5.51. The summed E-state index contributed by atoms with van der Waals surface area (Å²) in [7, 11) is 1.69. The van der Waals surface area contributed by atoms with Gasteiger partial charge >= 0.3 is 0 Å². The number of nitrogens with zero attached hydrogens (tertiary/aromatic N) is 2. The highest BCUT2D eigenvalue weighted by Gasteiger charge is 2.14. The van der Waals surface area contributed by atoms with E-state index in [1.807, 2.05) is 24.4 Å². The molecule has 1 aromatic heterocycles. The first-order chi connectivity index (χ1) is 10.2. The van der Waals surface area contributed by atoms with Gasteiger partial charge in [0, 0.05) is 16.7 Å². The molecule has 1 atom stereocenters. The first kappa shape index (κ1) is 15.9. The molecule has 0 aliphatic carbocycles. The molecule has 0 bridgehead atoms. The van der Waals surface area contributed by atoms with Gasteiger partial charge < -0.3 is 10.1 Å². The van der Waals surface area contributed by atoms with Crippen molar-refractivity contribution in [3.8, 4) is 5.75 Å². The highest BCUT2D eigenvalue weighted by atomic mass is 79.9. The number of ether oxygens (including phenoxy) is 1. The van der Waals surface area contributed by atoms with Gasteiger partial charge in [-0.05, 0) is 54.8 Å². The summed E-state index contributed by atoms with van der Waals surface area (Å²) < 4.78 is 6.41. The third kappa shape index (κ3) is 4.51. The average Bonchev–Trinajstić information content (AvgIpc) is 2.54. The SMILES string of the molecule is CCCNC(Cc1cc(OC)ccc1Br)c1ccnnc1. The molecule has 1 N–H and O–H groups in total. The normalized spacial score (nSPS) is 12.1. The quantitative estimate of drug-likeness (QED) is 0.830. The van der Waals surface area contributed by atoms with Crippen molar-refractivity contribution in [1.82, 2.24) is 15.5 Å². The Morgan fingerprint density at radius 2 is 2.14 bits per heavy atom. The first-order valence-electron chi connectivity index (χ1n) is 7.07. The molecule has 21 heavy (non-hydrogen) atoms. The summed E-state index contributed by atoms with van der Waals surface area (Å²) in [5, 5.41) is 11.4. The molecular formula is C16H20BrN3O. The van der Waals surface area contributed by atoms with Crippen LogP contribution >= 0.6 is 15.9 Å². The lowest BCUT2D eigenvalue weighted by atomic mass is 10.00. The minimum absolute atomic E-state index is 0.212. The summed E-state index contributed by atoms with van der Waals surface area (Å²) in [4.78, 5) is 0. The Kier molecular flexibility index (Phi) is 6.14. The molecule has 0 amide bonds. The van der Waals surface area contributed by atoms with E-state index in [9.17, 15) is 0 Å². The van der Waals surface area contributed by atoms with Crippen LogP contribution in [0.5, 0.6) is 5.75 Å². The van der Waals surface area contributed by atoms with Gasteiger partial charge in [0.05, 0.1) is 13.3 Å². The summed E-state index contributed by atoms with van der Waals surface area (Å²) >= 11 is 3.62. The number of hydrogen-bond acceptors (Lipinski definition) is 4. The molecule has 0 spiro atoms. The van der Waals surface area contributed by atoms with Crippen molar-refractivity contribution in [2.24, 2.45) is 0 Å². The minimum atomic E-state index is 0.212. The summed E-state index contributed by atoms with van der Waals surface area (Å²) in [5.74, 6) is 0.871. The van der Waals surface area contributed by atoms with Gasteiger partial charge in [0.15, 0.2) is 0 Å². The zero-order chi connectivity index (χ0) is 15.1. The molecule has 0 radical (unpaired) electrons. The second-order valence-corrected chi connectivity index (χ2v) is 5.70. The van der Waals surface area contributed by atoms with E-state index in [4.69, 9.17) is 4.74 Å². The standard InChI is InChI=1S/C16H20BrN3O/c1-3-7-18-16(12-6-8-19-20-11-12)10-13-9-14(21-2)4-5-15(13)17/h4-6,8-9,11,16,18H,3,7,10H2,1-2H3. The maximum absolute atomic E-state index is 5.31. The van der Waals surface area contributed by atoms with Crippen LogP contribution in [0, 0.1) is 0 Å². The Labute approximate surface area is 134 Å². The van der Waals surface area contributed by atoms with Gasteiger partial charge in [0.25, 0.3) is 0 Å². The van der Waals surface area contributed by atoms with E-state index in [1.165, 1.54) is 5.56 Å². The summed E-state index contributed by atoms with van der Waals surface area (Å²) in [5.41, 5.74) is 2.35. The van der Waals surface area contributed by atoms with E-state index >= 15 is 0 Å². The van der Waals surface area contributed by atoms with Crippen LogP contribution < -0.4 is 10.1 Å². The second kappa shape index (κ2) is 8.10. The van der Waals surface area contributed by atoms with E-state index in [1.54, 1.807) is 13.3 Å². The molecule has 1 aromatic carbocycles. The van der Waals surface area contributed by atoms with Crippen molar-refractivity contribution in [3.63, 3.8) is 0 Å². The lowest BCUT2D eigenvalue weighted by Crippen LogP contribution is -2.24. The highest BCUT2D eigenvalue weighted by molar-refractivity contribution is 9.10. The van der Waals surface area contributed by atoms with Gasteiger partial charge in [-0.3, -0.25) is 0 Å². The van der Waals surface area contributed by atoms with Crippen LogP contribution in [-0.4, -0.2) is 23.9 Å². The third-order valence-electron chi connectivity index (χ3n) is 3.33. The number of methoxy groups -OCH3 is 1. The van der Waals surface area contributed by atoms with Crippen molar-refractivity contribution in [2.75, 3.05) is 13.7 Å². The lowest BCUT2D eigenvalue weighted by Gasteiger charge is -2.19. The maximum atomic E-state index is 5.31. The summed E-state index contributed by atoms with van der Waals surface area (Å²) in [6, 6.07) is 8.27. The monoisotopic (exact) mass is 349 g/mol. The molecule has 4 nitrogen and oxygen atoms in total. The van der Waals surface area contributed by atoms with Crippen molar-refractivity contribution < 1.29 is 4.74 Å². The number of hydrogen-bond donors (Lipinski definition) is 1. The lowest BCUT2D eigenvalue weighted by molar-refractivity contribution is 0.413. The molecular weight excluding hydrogens is 330 g/mol. The van der Waals surface area contributed by atoms with Crippen molar-refractivity contribution in [3.05, 3.63) is 52.3 Å². The fourth-order valence-corrected chi connectivity index (χ4v) is 2.60. The predicted octanol–water partition coefficient (Wildman–Crippen LogP) is 3.53. The van der Waals surface area contributed by atoms with Crippen molar-refractivity contribution >= 4 is 15.9 Å². The van der Waals surface area contributed by atoms with E-state index in [0.29, 0.717) is 0 Å². The molecule has 0 fully saturated rings. The number of rotatable bonds is 7. The Bertz CT molecular complexity index is 563. The number of benzene rings is 1. The van der Waals surface area contributed by atoms with Gasteiger partial charge in [-0.1, -0.05) is 22.9 Å². The topological polar surface area (TPSA) is 47.0 Å². The Balaban J connectivity index is 2.22. The van der Waals surface area contributed by atoms with Crippen LogP contribution in [0.2, 0.25) is 0 Å². The average molecular weight is 350 g/mol. The Hall–Kier alpha value is -1.46. The van der Waals surface area contributed by atoms with Crippen LogP contribution in [-0.2, 0) is 6.42 Å². The fourth-order valence-electron chi connectivity index (χ4n) is 2.19. The number of halogens is 1. The Morgan fingerprint density at radius 3 is 2.81 bits per heavy atom. The van der Waals surface area contributed by atoms with Crippen molar-refractivity contribution in [2.45, 2.75) is 25.8 Å². The largest absolute Gasteiger partial charge is 0.497 e. The van der Waals surface area contributed by atoms with Gasteiger partial charge in [-0.25, -0.2) is 0 Å². The van der Waals surface area contributed by atoms with Gasteiger partial charge in [-0.2, -0.15) is 10.2 Å². The zero-order valence-electron chi connectivity index (χ0n) is 12.3. The molecule has 112 valence electrons. The number of aromatic nitrogens is 2. The zero-order valence-corrected chi connectivity index (χ0v) is 13.9. The van der Waals surface area contributed by atoms with Crippen LogP contribution in [0.15, 0.2) is 41.1 Å². The predicted molar refractivity (Wildman–Crippen MR) is 87.5 cm³/mol. The molecule has 2 aromatic rings. The van der Waals surface area contributed by atoms with Crippen LogP contribution in [0.4, 0.5) is 0 Å².